The molecule has 0 amide bonds. The second-order valence-corrected chi connectivity index (χ2v) is 4.86. The topological polar surface area (TPSA) is 78.4 Å². The van der Waals surface area contributed by atoms with E-state index in [4.69, 9.17) is 22.1 Å². The summed E-state index contributed by atoms with van der Waals surface area (Å²) < 4.78 is 5.75. The average Bonchev–Trinajstić information content (AvgIpc) is 2.36. The Balaban J connectivity index is 2.39. The van der Waals surface area contributed by atoms with Gasteiger partial charge in [0.2, 0.25) is 0 Å². The highest BCUT2D eigenvalue weighted by atomic mass is 35.5. The number of aryl methyl sites for hydroxylation is 2. The van der Waals surface area contributed by atoms with Crippen molar-refractivity contribution in [3.8, 4) is 11.5 Å². The van der Waals surface area contributed by atoms with Gasteiger partial charge in [-0.25, -0.2) is 0 Å². The molecule has 0 saturated carbocycles. The lowest BCUT2D eigenvalue weighted by Gasteiger charge is -2.12. The number of halogens is 1. The van der Waals surface area contributed by atoms with E-state index in [1.54, 1.807) is 25.1 Å². The summed E-state index contributed by atoms with van der Waals surface area (Å²) in [5.74, 6) is 1.11. The van der Waals surface area contributed by atoms with E-state index in [9.17, 15) is 10.1 Å². The van der Waals surface area contributed by atoms with Gasteiger partial charge in [-0.05, 0) is 43.2 Å². The van der Waals surface area contributed by atoms with Crippen molar-refractivity contribution in [2.75, 3.05) is 5.73 Å². The number of hydrogen-bond acceptors (Lipinski definition) is 4. The Kier molecular flexibility index (Phi) is 3.81. The quantitative estimate of drug-likeness (QED) is 0.521. The summed E-state index contributed by atoms with van der Waals surface area (Å²) in [6.07, 6.45) is 0. The van der Waals surface area contributed by atoms with Crippen LogP contribution in [-0.2, 0) is 0 Å². The number of nitro benzene ring substituents is 1. The van der Waals surface area contributed by atoms with Gasteiger partial charge in [0.1, 0.15) is 16.5 Å². The van der Waals surface area contributed by atoms with Gasteiger partial charge in [-0.15, -0.1) is 0 Å². The highest BCUT2D eigenvalue weighted by molar-refractivity contribution is 6.32. The maximum Gasteiger partial charge on any atom is 0.288 e. The van der Waals surface area contributed by atoms with E-state index in [1.165, 1.54) is 12.1 Å². The number of nitrogen functional groups attached to an aromatic ring is 1. The summed E-state index contributed by atoms with van der Waals surface area (Å²) in [6, 6.07) is 8.11. The van der Waals surface area contributed by atoms with Crippen molar-refractivity contribution in [3.05, 3.63) is 56.6 Å². The smallest absolute Gasteiger partial charge is 0.288 e. The van der Waals surface area contributed by atoms with Crippen LogP contribution >= 0.6 is 11.6 Å². The molecule has 0 aliphatic rings. The van der Waals surface area contributed by atoms with Gasteiger partial charge in [-0.1, -0.05) is 11.6 Å². The summed E-state index contributed by atoms with van der Waals surface area (Å²) in [4.78, 5) is 10.3. The molecule has 20 heavy (non-hydrogen) atoms. The molecule has 2 N–H and O–H groups in total. The Labute approximate surface area is 121 Å². The van der Waals surface area contributed by atoms with Gasteiger partial charge in [0.05, 0.1) is 4.92 Å². The Morgan fingerprint density at radius 2 is 1.80 bits per heavy atom. The molecule has 0 saturated heterocycles. The molecule has 0 radical (unpaired) electrons. The minimum atomic E-state index is -0.520. The van der Waals surface area contributed by atoms with Crippen LogP contribution in [0, 0.1) is 24.0 Å². The predicted octanol–water partition coefficient (Wildman–Crippen LogP) is 4.24. The van der Waals surface area contributed by atoms with Gasteiger partial charge in [-0.2, -0.15) is 0 Å². The van der Waals surface area contributed by atoms with Gasteiger partial charge in [0.15, 0.2) is 0 Å². The van der Waals surface area contributed by atoms with Crippen molar-refractivity contribution in [1.82, 2.24) is 0 Å². The molecule has 0 unspecified atom stereocenters. The lowest BCUT2D eigenvalue weighted by molar-refractivity contribution is -0.384. The van der Waals surface area contributed by atoms with E-state index < -0.39 is 4.92 Å². The van der Waals surface area contributed by atoms with Crippen LogP contribution in [0.15, 0.2) is 30.3 Å². The minimum Gasteiger partial charge on any atom is -0.457 e. The summed E-state index contributed by atoms with van der Waals surface area (Å²) >= 11 is 5.89. The molecular formula is C14H13ClN2O3. The molecule has 0 aliphatic heterocycles. The zero-order valence-electron chi connectivity index (χ0n) is 11.0. The van der Waals surface area contributed by atoms with Crippen molar-refractivity contribution < 1.29 is 9.66 Å². The molecule has 0 aromatic heterocycles. The number of nitro groups is 1. The molecule has 5 nitrogen and oxygen atoms in total. The van der Waals surface area contributed by atoms with Gasteiger partial charge < -0.3 is 10.5 Å². The zero-order chi connectivity index (χ0) is 14.9. The largest absolute Gasteiger partial charge is 0.457 e. The maximum atomic E-state index is 10.8. The molecule has 0 bridgehead atoms. The van der Waals surface area contributed by atoms with Crippen LogP contribution in [0.25, 0.3) is 0 Å². The lowest BCUT2D eigenvalue weighted by Crippen LogP contribution is -1.95. The fourth-order valence-electron chi connectivity index (χ4n) is 1.80. The average molecular weight is 293 g/mol. The molecule has 0 atom stereocenters. The molecular weight excluding hydrogens is 280 g/mol. The van der Waals surface area contributed by atoms with Crippen LogP contribution in [-0.4, -0.2) is 4.92 Å². The maximum absolute atomic E-state index is 10.8. The van der Waals surface area contributed by atoms with E-state index in [0.29, 0.717) is 22.7 Å². The standard InChI is InChI=1S/C14H13ClN2O3/c1-8-5-10(16)3-4-13(8)20-14-7-11(15)12(17(18)19)6-9(14)2/h3-7H,16H2,1-2H3. The number of nitrogens with zero attached hydrogens (tertiary/aromatic N) is 1. The van der Waals surface area contributed by atoms with Gasteiger partial charge in [0, 0.05) is 17.8 Å². The monoisotopic (exact) mass is 292 g/mol. The summed E-state index contributed by atoms with van der Waals surface area (Å²) in [5, 5.41) is 10.8. The number of rotatable bonds is 3. The molecule has 2 aromatic carbocycles. The van der Waals surface area contributed by atoms with E-state index in [-0.39, 0.29) is 10.7 Å². The number of nitrogens with two attached hydrogens (primary N) is 1. The van der Waals surface area contributed by atoms with Crippen LogP contribution in [0.3, 0.4) is 0 Å². The fourth-order valence-corrected chi connectivity index (χ4v) is 2.03. The van der Waals surface area contributed by atoms with Crippen molar-refractivity contribution in [1.29, 1.82) is 0 Å². The van der Waals surface area contributed by atoms with Crippen LogP contribution < -0.4 is 10.5 Å². The SMILES string of the molecule is Cc1cc(N)ccc1Oc1cc(Cl)c([N+](=O)[O-])cc1C. The highest BCUT2D eigenvalue weighted by Crippen LogP contribution is 2.35. The third kappa shape index (κ3) is 2.83. The van der Waals surface area contributed by atoms with Crippen molar-refractivity contribution in [3.63, 3.8) is 0 Å². The molecule has 0 spiro atoms. The lowest BCUT2D eigenvalue weighted by atomic mass is 10.2. The van der Waals surface area contributed by atoms with Crippen molar-refractivity contribution >= 4 is 23.0 Å². The minimum absolute atomic E-state index is 0.0451. The number of ether oxygens (including phenoxy) is 1. The molecule has 2 aromatic rings. The van der Waals surface area contributed by atoms with E-state index in [2.05, 4.69) is 0 Å². The van der Waals surface area contributed by atoms with Gasteiger partial charge in [0.25, 0.3) is 5.69 Å². The first-order chi connectivity index (χ1) is 9.38. The van der Waals surface area contributed by atoms with E-state index >= 15 is 0 Å². The summed E-state index contributed by atoms with van der Waals surface area (Å²) in [5.41, 5.74) is 7.70. The normalized spacial score (nSPS) is 10.3. The Morgan fingerprint density at radius 3 is 2.40 bits per heavy atom. The molecule has 104 valence electrons. The number of anilines is 1. The van der Waals surface area contributed by atoms with Crippen LogP contribution in [0.2, 0.25) is 5.02 Å². The second-order valence-electron chi connectivity index (χ2n) is 4.45. The summed E-state index contributed by atoms with van der Waals surface area (Å²) in [7, 11) is 0. The Bertz CT molecular complexity index is 686. The number of benzene rings is 2. The highest BCUT2D eigenvalue weighted by Gasteiger charge is 2.16. The van der Waals surface area contributed by atoms with Crippen LogP contribution in [0.4, 0.5) is 11.4 Å². The first kappa shape index (κ1) is 14.1. The molecule has 2 rings (SSSR count). The molecule has 0 fully saturated rings. The van der Waals surface area contributed by atoms with E-state index in [1.807, 2.05) is 6.92 Å². The van der Waals surface area contributed by atoms with E-state index in [0.717, 1.165) is 5.56 Å². The van der Waals surface area contributed by atoms with Crippen molar-refractivity contribution in [2.45, 2.75) is 13.8 Å². The molecule has 0 heterocycles. The van der Waals surface area contributed by atoms with Crippen LogP contribution in [0.5, 0.6) is 11.5 Å². The first-order valence-electron chi connectivity index (χ1n) is 5.87. The molecule has 6 heteroatoms. The molecule has 0 aliphatic carbocycles. The second kappa shape index (κ2) is 5.38. The fraction of sp³-hybridized carbons (Fsp3) is 0.143. The first-order valence-corrected chi connectivity index (χ1v) is 6.25. The Hall–Kier alpha value is -2.27. The predicted molar refractivity (Wildman–Crippen MR) is 78.5 cm³/mol. The summed E-state index contributed by atoms with van der Waals surface area (Å²) in [6.45, 7) is 3.60. The number of hydrogen-bond donors (Lipinski definition) is 1. The van der Waals surface area contributed by atoms with Crippen LogP contribution in [0.1, 0.15) is 11.1 Å². The zero-order valence-corrected chi connectivity index (χ0v) is 11.8. The van der Waals surface area contributed by atoms with Crippen molar-refractivity contribution in [2.24, 2.45) is 0 Å². The van der Waals surface area contributed by atoms with Gasteiger partial charge in [-0.3, -0.25) is 10.1 Å². The Morgan fingerprint density at radius 1 is 1.15 bits per heavy atom. The third-order valence-electron chi connectivity index (χ3n) is 2.86. The third-order valence-corrected chi connectivity index (χ3v) is 3.16. The van der Waals surface area contributed by atoms with Gasteiger partial charge >= 0.3 is 0 Å².